The zero-order chi connectivity index (χ0) is 21.2. The molecule has 0 heterocycles. The molecule has 0 aromatic heterocycles. The van der Waals surface area contributed by atoms with Crippen LogP contribution in [0.15, 0.2) is 0 Å². The van der Waals surface area contributed by atoms with Gasteiger partial charge in [0.05, 0.1) is 6.10 Å². The number of aliphatic carboxylic acids is 1. The van der Waals surface area contributed by atoms with Gasteiger partial charge in [0.15, 0.2) is 5.60 Å². The van der Waals surface area contributed by atoms with Crippen molar-refractivity contribution < 1.29 is 20.1 Å². The Balaban J connectivity index is 1.74. The summed E-state index contributed by atoms with van der Waals surface area (Å²) in [5, 5.41) is 32.5. The van der Waals surface area contributed by atoms with Crippen LogP contribution in [0.3, 0.4) is 0 Å². The van der Waals surface area contributed by atoms with Crippen LogP contribution in [-0.2, 0) is 4.79 Å². The Morgan fingerprint density at radius 3 is 2.48 bits per heavy atom. The molecule has 10 atom stereocenters. The van der Waals surface area contributed by atoms with Crippen molar-refractivity contribution in [2.45, 2.75) is 104 Å². The minimum Gasteiger partial charge on any atom is -0.479 e. The molecule has 0 saturated heterocycles. The summed E-state index contributed by atoms with van der Waals surface area (Å²) < 4.78 is 0. The Labute approximate surface area is 176 Å². The first kappa shape index (κ1) is 21.6. The highest BCUT2D eigenvalue weighted by molar-refractivity contribution is 5.79. The third-order valence-electron chi connectivity index (χ3n) is 10.8. The van der Waals surface area contributed by atoms with E-state index in [1.54, 1.807) is 0 Å². The molecular formula is C25H42O4. The van der Waals surface area contributed by atoms with E-state index in [0.717, 1.165) is 57.8 Å². The van der Waals surface area contributed by atoms with E-state index in [9.17, 15) is 20.1 Å². The van der Waals surface area contributed by atoms with Crippen molar-refractivity contribution in [3.8, 4) is 0 Å². The van der Waals surface area contributed by atoms with E-state index in [1.807, 2.05) is 0 Å². The molecule has 29 heavy (non-hydrogen) atoms. The summed E-state index contributed by atoms with van der Waals surface area (Å²) in [6, 6.07) is 0. The predicted octanol–water partition coefficient (Wildman–Crippen LogP) is 4.87. The molecule has 4 aliphatic carbocycles. The Hall–Kier alpha value is -0.610. The Morgan fingerprint density at radius 2 is 1.83 bits per heavy atom. The fraction of sp³-hybridized carbons (Fsp3) is 0.960. The summed E-state index contributed by atoms with van der Waals surface area (Å²) >= 11 is 0. The number of aliphatic hydroxyl groups is 2. The molecule has 4 aliphatic rings. The van der Waals surface area contributed by atoms with Gasteiger partial charge in [-0.15, -0.1) is 0 Å². The molecule has 166 valence electrons. The van der Waals surface area contributed by atoms with Crippen molar-refractivity contribution in [3.63, 3.8) is 0 Å². The summed E-state index contributed by atoms with van der Waals surface area (Å²) in [6.07, 6.45) is 9.46. The summed E-state index contributed by atoms with van der Waals surface area (Å²) in [5.41, 5.74) is -2.12. The van der Waals surface area contributed by atoms with Crippen LogP contribution in [0.2, 0.25) is 0 Å². The summed E-state index contributed by atoms with van der Waals surface area (Å²) in [4.78, 5) is 12.7. The summed E-state index contributed by atoms with van der Waals surface area (Å²) in [6.45, 7) is 8.95. The number of hydrogen-bond donors (Lipinski definition) is 3. The van der Waals surface area contributed by atoms with Gasteiger partial charge in [-0.25, -0.2) is 4.79 Å². The number of carbonyl (C=O) groups is 1. The summed E-state index contributed by atoms with van der Waals surface area (Å²) in [7, 11) is 0. The van der Waals surface area contributed by atoms with Gasteiger partial charge < -0.3 is 15.3 Å². The molecule has 0 aromatic carbocycles. The predicted molar refractivity (Wildman–Crippen MR) is 113 cm³/mol. The van der Waals surface area contributed by atoms with Crippen LogP contribution in [0.4, 0.5) is 0 Å². The molecule has 3 N–H and O–H groups in total. The zero-order valence-electron chi connectivity index (χ0n) is 18.9. The van der Waals surface area contributed by atoms with E-state index in [4.69, 9.17) is 0 Å². The van der Waals surface area contributed by atoms with Crippen LogP contribution in [0, 0.1) is 46.3 Å². The maximum Gasteiger partial charge on any atom is 0.336 e. The largest absolute Gasteiger partial charge is 0.479 e. The number of hydrogen-bond acceptors (Lipinski definition) is 3. The Morgan fingerprint density at radius 1 is 1.10 bits per heavy atom. The van der Waals surface area contributed by atoms with E-state index in [-0.39, 0.29) is 23.4 Å². The van der Waals surface area contributed by atoms with Crippen LogP contribution < -0.4 is 0 Å². The van der Waals surface area contributed by atoms with Crippen LogP contribution in [-0.4, -0.2) is 33.0 Å². The normalized spacial score (nSPS) is 52.9. The average molecular weight is 407 g/mol. The monoisotopic (exact) mass is 406 g/mol. The molecule has 4 rings (SSSR count). The van der Waals surface area contributed by atoms with Gasteiger partial charge in [-0.05, 0) is 92.3 Å². The third-order valence-corrected chi connectivity index (χ3v) is 10.8. The molecule has 0 unspecified atom stereocenters. The second-order valence-corrected chi connectivity index (χ2v) is 11.7. The standard InChI is InChI=1S/C25H42O4/c1-5-6-15(2)19-9-10-20-18-8-7-16-13-17(26)11-12-23(16,3)21(18)14-25(29,22(27)28)24(19,20)4/h15-21,26,29H,5-14H2,1-4H3,(H,27,28)/t15-,16-,17-,18+,19-,20+,21+,23+,24-,25-/m1/s1. The molecule has 0 amide bonds. The fourth-order valence-corrected chi connectivity index (χ4v) is 9.18. The van der Waals surface area contributed by atoms with Gasteiger partial charge in [-0.3, -0.25) is 0 Å². The lowest BCUT2D eigenvalue weighted by Crippen LogP contribution is -2.67. The van der Waals surface area contributed by atoms with E-state index in [0.29, 0.717) is 30.1 Å². The summed E-state index contributed by atoms with van der Waals surface area (Å²) in [5.74, 6) is 1.29. The quantitative estimate of drug-likeness (QED) is 0.622. The lowest BCUT2D eigenvalue weighted by atomic mass is 9.41. The molecule has 4 saturated carbocycles. The Kier molecular flexibility index (Phi) is 5.38. The SMILES string of the molecule is CCC[C@@H](C)[C@H]1CC[C@H]2[C@@H]3CC[C@@H]4C[C@H](O)CC[C@]4(C)[C@H]3C[C@@](O)(C(=O)O)[C@]12C. The van der Waals surface area contributed by atoms with E-state index in [2.05, 4.69) is 27.7 Å². The minimum atomic E-state index is -1.64. The van der Waals surface area contributed by atoms with Gasteiger partial charge in [0, 0.05) is 5.41 Å². The molecular weight excluding hydrogens is 364 g/mol. The van der Waals surface area contributed by atoms with Crippen molar-refractivity contribution in [2.24, 2.45) is 46.3 Å². The number of carboxylic acid groups (broad SMARTS) is 1. The first-order valence-corrected chi connectivity index (χ1v) is 12.2. The number of fused-ring (bicyclic) bond motifs is 5. The van der Waals surface area contributed by atoms with Crippen molar-refractivity contribution in [3.05, 3.63) is 0 Å². The van der Waals surface area contributed by atoms with Gasteiger partial charge in [0.2, 0.25) is 0 Å². The van der Waals surface area contributed by atoms with Crippen molar-refractivity contribution in [2.75, 3.05) is 0 Å². The van der Waals surface area contributed by atoms with Gasteiger partial charge in [-0.1, -0.05) is 40.5 Å². The van der Waals surface area contributed by atoms with E-state index >= 15 is 0 Å². The first-order valence-electron chi connectivity index (χ1n) is 12.2. The number of aliphatic hydroxyl groups excluding tert-OH is 1. The molecule has 0 aliphatic heterocycles. The second kappa shape index (κ2) is 7.22. The van der Waals surface area contributed by atoms with Crippen molar-refractivity contribution in [1.29, 1.82) is 0 Å². The average Bonchev–Trinajstić information content (AvgIpc) is 3.02. The topological polar surface area (TPSA) is 77.8 Å². The van der Waals surface area contributed by atoms with Crippen LogP contribution in [0.1, 0.15) is 91.9 Å². The van der Waals surface area contributed by atoms with E-state index < -0.39 is 17.0 Å². The molecule has 4 heteroatoms. The molecule has 0 spiro atoms. The van der Waals surface area contributed by atoms with Crippen LogP contribution >= 0.6 is 0 Å². The molecule has 4 fully saturated rings. The Bertz CT molecular complexity index is 649. The van der Waals surface area contributed by atoms with Crippen LogP contribution in [0.25, 0.3) is 0 Å². The van der Waals surface area contributed by atoms with Gasteiger partial charge in [0.1, 0.15) is 0 Å². The van der Waals surface area contributed by atoms with Gasteiger partial charge >= 0.3 is 5.97 Å². The fourth-order valence-electron chi connectivity index (χ4n) is 9.18. The molecule has 0 aromatic rings. The highest BCUT2D eigenvalue weighted by atomic mass is 16.4. The van der Waals surface area contributed by atoms with Crippen molar-refractivity contribution >= 4 is 5.97 Å². The highest BCUT2D eigenvalue weighted by Gasteiger charge is 2.71. The van der Waals surface area contributed by atoms with Gasteiger partial charge in [0.25, 0.3) is 0 Å². The molecule has 0 radical (unpaired) electrons. The smallest absolute Gasteiger partial charge is 0.336 e. The highest BCUT2D eigenvalue weighted by Crippen LogP contribution is 2.71. The van der Waals surface area contributed by atoms with Crippen molar-refractivity contribution in [1.82, 2.24) is 0 Å². The maximum absolute atomic E-state index is 12.7. The zero-order valence-corrected chi connectivity index (χ0v) is 18.9. The number of rotatable bonds is 4. The van der Waals surface area contributed by atoms with Crippen LogP contribution in [0.5, 0.6) is 0 Å². The second-order valence-electron chi connectivity index (χ2n) is 11.7. The minimum absolute atomic E-state index is 0.0556. The molecule has 0 bridgehead atoms. The third kappa shape index (κ3) is 2.87. The van der Waals surface area contributed by atoms with Gasteiger partial charge in [-0.2, -0.15) is 0 Å². The maximum atomic E-state index is 12.7. The van der Waals surface area contributed by atoms with E-state index in [1.165, 1.54) is 0 Å². The lowest BCUT2D eigenvalue weighted by molar-refractivity contribution is -0.233. The molecule has 4 nitrogen and oxygen atoms in total. The number of carboxylic acids is 1. The first-order chi connectivity index (χ1) is 13.6. The lowest BCUT2D eigenvalue weighted by Gasteiger charge is -2.64.